The number of rotatable bonds is 6. The summed E-state index contributed by atoms with van der Waals surface area (Å²) in [7, 11) is 0. The van der Waals surface area contributed by atoms with E-state index in [9.17, 15) is 14.9 Å². The number of piperidine rings is 1. The van der Waals surface area contributed by atoms with Gasteiger partial charge in [0.1, 0.15) is 6.04 Å². The lowest BCUT2D eigenvalue weighted by atomic mass is 9.53. The lowest BCUT2D eigenvalue weighted by Gasteiger charge is -2.57. The number of nitriles is 1. The molecule has 2 heterocycles. The van der Waals surface area contributed by atoms with Crippen molar-refractivity contribution in [3.63, 3.8) is 0 Å². The summed E-state index contributed by atoms with van der Waals surface area (Å²) in [6.45, 7) is 2.26. The van der Waals surface area contributed by atoms with Gasteiger partial charge in [-0.05, 0) is 69.1 Å². The van der Waals surface area contributed by atoms with Crippen molar-refractivity contribution in [2.75, 3.05) is 37.8 Å². The summed E-state index contributed by atoms with van der Waals surface area (Å²) in [4.78, 5) is 29.3. The van der Waals surface area contributed by atoms with Gasteiger partial charge >= 0.3 is 0 Å². The van der Waals surface area contributed by atoms with Crippen molar-refractivity contribution in [2.24, 2.45) is 23.6 Å². The van der Waals surface area contributed by atoms with E-state index in [1.165, 1.54) is 38.5 Å². The molecule has 2 amide bonds. The number of nitrogens with two attached hydrogens (primary N) is 1. The molecule has 4 aliphatic carbocycles. The van der Waals surface area contributed by atoms with Crippen LogP contribution in [0.2, 0.25) is 0 Å². The summed E-state index contributed by atoms with van der Waals surface area (Å²) >= 11 is 1.61. The molecule has 2 aliphatic heterocycles. The summed E-state index contributed by atoms with van der Waals surface area (Å²) in [6.07, 6.45) is 9.41. The Morgan fingerprint density at radius 1 is 1.12 bits per heavy atom. The summed E-state index contributed by atoms with van der Waals surface area (Å²) in [6, 6.07) is 2.00. The lowest BCUT2D eigenvalue weighted by molar-refractivity contribution is -0.132. The fraction of sp³-hybridized carbons (Fsp3) is 0.870. The van der Waals surface area contributed by atoms with E-state index in [1.807, 2.05) is 0 Å². The average Bonchev–Trinajstić information content (AvgIpc) is 3.22. The van der Waals surface area contributed by atoms with Crippen LogP contribution in [-0.4, -0.2) is 82.1 Å². The molecular weight excluding hydrogens is 424 g/mol. The third-order valence-corrected chi connectivity index (χ3v) is 9.52. The van der Waals surface area contributed by atoms with Crippen molar-refractivity contribution >= 4 is 23.6 Å². The van der Waals surface area contributed by atoms with Crippen LogP contribution in [0, 0.1) is 29.1 Å². The SMILES string of the molecule is N#C[C@@H]1CSCN1C(=O)CN(N)C1CCN(CC(=O)NC23CC4CC(CC(C4)C2)C3)CC1. The van der Waals surface area contributed by atoms with Crippen LogP contribution in [0.4, 0.5) is 0 Å². The second-order valence-corrected chi connectivity index (χ2v) is 11.9. The van der Waals surface area contributed by atoms with E-state index < -0.39 is 0 Å². The summed E-state index contributed by atoms with van der Waals surface area (Å²) in [5.41, 5.74) is 0.0771. The van der Waals surface area contributed by atoms with E-state index in [2.05, 4.69) is 16.3 Å². The molecule has 176 valence electrons. The number of hydrogen-bond donors (Lipinski definition) is 2. The highest BCUT2D eigenvalue weighted by atomic mass is 32.2. The van der Waals surface area contributed by atoms with Crippen LogP contribution in [0.15, 0.2) is 0 Å². The monoisotopic (exact) mass is 460 g/mol. The molecule has 4 bridgehead atoms. The summed E-state index contributed by atoms with van der Waals surface area (Å²) < 4.78 is 0. The van der Waals surface area contributed by atoms with Crippen LogP contribution < -0.4 is 11.2 Å². The average molecular weight is 461 g/mol. The van der Waals surface area contributed by atoms with Crippen LogP contribution >= 0.6 is 11.8 Å². The van der Waals surface area contributed by atoms with E-state index in [-0.39, 0.29) is 36.0 Å². The normalized spacial score (nSPS) is 37.1. The molecule has 0 aromatic heterocycles. The van der Waals surface area contributed by atoms with Crippen molar-refractivity contribution in [3.05, 3.63) is 0 Å². The van der Waals surface area contributed by atoms with E-state index in [4.69, 9.17) is 5.84 Å². The zero-order valence-electron chi connectivity index (χ0n) is 18.9. The first-order valence-corrected chi connectivity index (χ1v) is 13.4. The quantitative estimate of drug-likeness (QED) is 0.452. The van der Waals surface area contributed by atoms with Crippen molar-refractivity contribution in [1.82, 2.24) is 20.1 Å². The maximum Gasteiger partial charge on any atom is 0.239 e. The minimum Gasteiger partial charge on any atom is -0.350 e. The summed E-state index contributed by atoms with van der Waals surface area (Å²) in [5.74, 6) is 10.1. The van der Waals surface area contributed by atoms with E-state index in [1.54, 1.807) is 21.7 Å². The third kappa shape index (κ3) is 4.65. The molecular formula is C23H36N6O2S. The Morgan fingerprint density at radius 3 is 2.34 bits per heavy atom. The van der Waals surface area contributed by atoms with Gasteiger partial charge in [-0.25, -0.2) is 5.01 Å². The molecule has 6 fully saturated rings. The van der Waals surface area contributed by atoms with Gasteiger partial charge in [-0.3, -0.25) is 20.3 Å². The fourth-order valence-electron chi connectivity index (χ4n) is 7.38. The molecule has 32 heavy (non-hydrogen) atoms. The van der Waals surface area contributed by atoms with Gasteiger partial charge in [0.2, 0.25) is 11.8 Å². The summed E-state index contributed by atoms with van der Waals surface area (Å²) in [5, 5.41) is 14.3. The highest BCUT2D eigenvalue weighted by molar-refractivity contribution is 7.99. The fourth-order valence-corrected chi connectivity index (χ4v) is 8.49. The number of hydrazine groups is 1. The maximum atomic E-state index is 12.9. The minimum atomic E-state index is -0.338. The van der Waals surface area contributed by atoms with Crippen LogP contribution in [0.25, 0.3) is 0 Å². The highest BCUT2D eigenvalue weighted by Crippen LogP contribution is 2.55. The van der Waals surface area contributed by atoms with Gasteiger partial charge in [0.25, 0.3) is 0 Å². The van der Waals surface area contributed by atoms with Gasteiger partial charge in [-0.15, -0.1) is 11.8 Å². The smallest absolute Gasteiger partial charge is 0.239 e. The van der Waals surface area contributed by atoms with Crippen molar-refractivity contribution in [3.8, 4) is 6.07 Å². The molecule has 9 heteroatoms. The van der Waals surface area contributed by atoms with Crippen LogP contribution in [0.5, 0.6) is 0 Å². The van der Waals surface area contributed by atoms with Gasteiger partial charge < -0.3 is 10.2 Å². The second-order valence-electron chi connectivity index (χ2n) is 10.9. The first-order chi connectivity index (χ1) is 15.4. The van der Waals surface area contributed by atoms with Gasteiger partial charge in [0, 0.05) is 30.4 Å². The molecule has 0 spiro atoms. The molecule has 1 atom stereocenters. The predicted molar refractivity (Wildman–Crippen MR) is 123 cm³/mol. The van der Waals surface area contributed by atoms with E-state index in [0.717, 1.165) is 43.7 Å². The second kappa shape index (κ2) is 9.13. The molecule has 4 saturated carbocycles. The number of nitrogens with one attached hydrogen (secondary N) is 1. The van der Waals surface area contributed by atoms with Crippen LogP contribution in [0.1, 0.15) is 51.4 Å². The van der Waals surface area contributed by atoms with Crippen molar-refractivity contribution < 1.29 is 9.59 Å². The minimum absolute atomic E-state index is 0.0681. The molecule has 2 saturated heterocycles. The molecule has 0 radical (unpaired) electrons. The zero-order chi connectivity index (χ0) is 22.3. The highest BCUT2D eigenvalue weighted by Gasteiger charge is 2.51. The number of carbonyl (C=O) groups excluding carboxylic acids is 2. The van der Waals surface area contributed by atoms with Gasteiger partial charge in [-0.2, -0.15) is 5.26 Å². The number of nitrogens with zero attached hydrogens (tertiary/aromatic N) is 4. The van der Waals surface area contributed by atoms with Crippen LogP contribution in [-0.2, 0) is 9.59 Å². The Hall–Kier alpha value is -1.34. The largest absolute Gasteiger partial charge is 0.350 e. The zero-order valence-corrected chi connectivity index (χ0v) is 19.7. The van der Waals surface area contributed by atoms with Gasteiger partial charge in [0.15, 0.2) is 0 Å². The third-order valence-electron chi connectivity index (χ3n) is 8.51. The first-order valence-electron chi connectivity index (χ1n) is 12.2. The molecule has 6 aliphatic rings. The predicted octanol–water partition coefficient (Wildman–Crippen LogP) is 1.14. The van der Waals surface area contributed by atoms with E-state index in [0.29, 0.717) is 18.2 Å². The standard InChI is InChI=1S/C23H36N6O2S/c24-11-20-14-32-15-28(20)22(31)13-29(25)19-1-3-27(4-2-19)12-21(30)26-23-8-16-5-17(9-23)7-18(6-16)10-23/h16-20H,1-10,12-15,25H2,(H,26,30)/t16?,17?,18?,20-,23?/m1/s1. The van der Waals surface area contributed by atoms with Crippen LogP contribution in [0.3, 0.4) is 0 Å². The topological polar surface area (TPSA) is 106 Å². The van der Waals surface area contributed by atoms with E-state index >= 15 is 0 Å². The number of hydrogen-bond acceptors (Lipinski definition) is 7. The Labute approximate surface area is 195 Å². The lowest BCUT2D eigenvalue weighted by Crippen LogP contribution is -2.61. The number of carbonyl (C=O) groups is 2. The molecule has 6 rings (SSSR count). The maximum absolute atomic E-state index is 12.9. The van der Waals surface area contributed by atoms with Gasteiger partial charge in [-0.1, -0.05) is 0 Å². The number of thioether (sulfide) groups is 1. The molecule has 3 N–H and O–H groups in total. The number of likely N-dealkylation sites (tertiary alicyclic amines) is 1. The number of amides is 2. The molecule has 8 nitrogen and oxygen atoms in total. The first kappa shape index (κ1) is 22.5. The molecule has 0 unspecified atom stereocenters. The molecule has 0 aromatic carbocycles. The Kier molecular flexibility index (Phi) is 6.41. The van der Waals surface area contributed by atoms with Crippen molar-refractivity contribution in [1.29, 1.82) is 5.26 Å². The van der Waals surface area contributed by atoms with Crippen molar-refractivity contribution in [2.45, 2.75) is 69.0 Å². The Bertz CT molecular complexity index is 742. The Morgan fingerprint density at radius 2 is 1.75 bits per heavy atom. The van der Waals surface area contributed by atoms with Gasteiger partial charge in [0.05, 0.1) is 25.0 Å². The Balaban J connectivity index is 1.06. The molecule has 0 aromatic rings.